The summed E-state index contributed by atoms with van der Waals surface area (Å²) in [5.74, 6) is 0.452. The van der Waals surface area contributed by atoms with Crippen LogP contribution in [0.3, 0.4) is 0 Å². The Morgan fingerprint density at radius 2 is 1.76 bits per heavy atom. The molecule has 1 N–H and O–H groups in total. The first-order valence-electron chi connectivity index (χ1n) is 17.1. The van der Waals surface area contributed by atoms with Crippen LogP contribution in [0.4, 0.5) is 0 Å². The molecule has 0 spiro atoms. The minimum Gasteiger partial charge on any atom is -0.493 e. The molecular formula is C38H51ClN2O10. The van der Waals surface area contributed by atoms with E-state index < -0.39 is 17.0 Å². The normalized spacial score (nSPS) is 12.4. The van der Waals surface area contributed by atoms with Gasteiger partial charge in [-0.05, 0) is 86.9 Å². The predicted octanol–water partition coefficient (Wildman–Crippen LogP) is 8.11. The van der Waals surface area contributed by atoms with Crippen molar-refractivity contribution in [2.24, 2.45) is 5.92 Å². The van der Waals surface area contributed by atoms with Crippen LogP contribution in [0.1, 0.15) is 77.7 Å². The standard InChI is InChI=1S/C21H26N2O9.C15H19ClO.C2H6/c1-3-4-5-6-7-19(24)22-15-21(26)32-17-10-8-16(14-18(17)29-2)9-11-20(25)30-12-13-31-23(27)28;16-14-9-5-10-15(12-14)17-11-4-3-8-13-6-1-2-7-13;1-2/h3-4,8-11,14H,5-7,12-13,15H2,1-2H3,(H,22,24);3,5,8-10,12-13H,1-2,4,6-7,11H2;1-2H3/b4-3-,11-9+;8-3+;. The van der Waals surface area contributed by atoms with Crippen LogP contribution in [0.5, 0.6) is 17.2 Å². The Hall–Kier alpha value is -4.84. The van der Waals surface area contributed by atoms with E-state index in [9.17, 15) is 24.5 Å². The van der Waals surface area contributed by atoms with Crippen molar-refractivity contribution in [3.05, 3.63) is 93.5 Å². The minimum absolute atomic E-state index is 0.150. The molecule has 0 aliphatic heterocycles. The maximum Gasteiger partial charge on any atom is 0.330 e. The predicted molar refractivity (Wildman–Crippen MR) is 197 cm³/mol. The maximum atomic E-state index is 12.0. The smallest absolute Gasteiger partial charge is 0.330 e. The SMILES string of the molecule is C/C=C\CCCC(=O)NCC(=O)Oc1ccc(/C=C/C(=O)OCCO[N+](=O)[O-])cc1OC.CC.Clc1cccc(OCC/C=C/C2CCCC2)c1. The van der Waals surface area contributed by atoms with Crippen LogP contribution in [0.2, 0.25) is 5.02 Å². The molecule has 0 aromatic heterocycles. The zero-order valence-electron chi connectivity index (χ0n) is 30.0. The van der Waals surface area contributed by atoms with Gasteiger partial charge in [0.15, 0.2) is 11.5 Å². The Balaban J connectivity index is 0.000000570. The number of unbranched alkanes of at least 4 members (excludes halogenated alkanes) is 1. The number of esters is 2. The third-order valence-electron chi connectivity index (χ3n) is 6.95. The lowest BCUT2D eigenvalue weighted by Gasteiger charge is -2.10. The van der Waals surface area contributed by atoms with Crippen LogP contribution < -0.4 is 19.5 Å². The first-order chi connectivity index (χ1) is 24.7. The van der Waals surface area contributed by atoms with Gasteiger partial charge in [-0.15, -0.1) is 10.1 Å². The Bertz CT molecular complexity index is 1420. The number of amides is 1. The van der Waals surface area contributed by atoms with Gasteiger partial charge in [0, 0.05) is 17.5 Å². The second-order valence-electron chi connectivity index (χ2n) is 10.7. The molecule has 1 aliphatic carbocycles. The van der Waals surface area contributed by atoms with Crippen molar-refractivity contribution in [1.29, 1.82) is 0 Å². The molecule has 12 nitrogen and oxygen atoms in total. The number of methoxy groups -OCH3 is 1. The lowest BCUT2D eigenvalue weighted by Crippen LogP contribution is -2.31. The zero-order valence-corrected chi connectivity index (χ0v) is 30.7. The number of hydrogen-bond donors (Lipinski definition) is 1. The molecule has 0 radical (unpaired) electrons. The van der Waals surface area contributed by atoms with Crippen LogP contribution in [-0.4, -0.2) is 56.4 Å². The average molecular weight is 731 g/mol. The minimum atomic E-state index is -0.981. The molecule has 280 valence electrons. The molecule has 1 fully saturated rings. The molecule has 0 unspecified atom stereocenters. The summed E-state index contributed by atoms with van der Waals surface area (Å²) in [5, 5.41) is 12.2. The largest absolute Gasteiger partial charge is 0.493 e. The highest BCUT2D eigenvalue weighted by atomic mass is 35.5. The van der Waals surface area contributed by atoms with Crippen molar-refractivity contribution >= 4 is 35.5 Å². The van der Waals surface area contributed by atoms with E-state index in [1.54, 1.807) is 6.07 Å². The van der Waals surface area contributed by atoms with Crippen molar-refractivity contribution in [2.45, 2.75) is 72.1 Å². The lowest BCUT2D eigenvalue weighted by molar-refractivity contribution is -0.757. The number of nitrogens with one attached hydrogen (secondary N) is 1. The third kappa shape index (κ3) is 21.8. The number of ether oxygens (including phenoxy) is 4. The van der Waals surface area contributed by atoms with Gasteiger partial charge in [-0.1, -0.05) is 74.7 Å². The number of rotatable bonds is 19. The second kappa shape index (κ2) is 27.9. The van der Waals surface area contributed by atoms with Crippen LogP contribution in [0.25, 0.3) is 6.08 Å². The number of carbonyl (C=O) groups excluding carboxylic acids is 3. The molecule has 0 heterocycles. The summed E-state index contributed by atoms with van der Waals surface area (Å²) in [7, 11) is 1.39. The number of nitrogens with zero attached hydrogens (tertiary/aromatic N) is 1. The molecule has 1 aliphatic rings. The van der Waals surface area contributed by atoms with Crippen LogP contribution in [-0.2, 0) is 24.0 Å². The van der Waals surface area contributed by atoms with Gasteiger partial charge < -0.3 is 29.1 Å². The summed E-state index contributed by atoms with van der Waals surface area (Å²) in [6.07, 6.45) is 19.3. The first-order valence-corrected chi connectivity index (χ1v) is 17.5. The van der Waals surface area contributed by atoms with Gasteiger partial charge in [-0.3, -0.25) is 4.79 Å². The highest BCUT2D eigenvalue weighted by molar-refractivity contribution is 6.30. The molecule has 2 aromatic carbocycles. The van der Waals surface area contributed by atoms with Crippen molar-refractivity contribution < 1.29 is 43.3 Å². The summed E-state index contributed by atoms with van der Waals surface area (Å²) in [5.41, 5.74) is 0.551. The molecule has 0 atom stereocenters. The molecular weight excluding hydrogens is 680 g/mol. The fourth-order valence-corrected chi connectivity index (χ4v) is 4.72. The highest BCUT2D eigenvalue weighted by Gasteiger charge is 2.13. The van der Waals surface area contributed by atoms with Gasteiger partial charge >= 0.3 is 11.9 Å². The molecule has 3 rings (SSSR count). The fourth-order valence-electron chi connectivity index (χ4n) is 4.54. The Morgan fingerprint density at radius 3 is 2.45 bits per heavy atom. The number of carbonyl (C=O) groups is 3. The van der Waals surface area contributed by atoms with E-state index in [1.807, 2.05) is 57.2 Å². The van der Waals surface area contributed by atoms with Gasteiger partial charge in [-0.2, -0.15) is 0 Å². The molecule has 1 saturated carbocycles. The summed E-state index contributed by atoms with van der Waals surface area (Å²) in [6, 6.07) is 12.1. The quantitative estimate of drug-likeness (QED) is 0.0285. The van der Waals surface area contributed by atoms with Gasteiger partial charge in [0.1, 0.15) is 25.5 Å². The summed E-state index contributed by atoms with van der Waals surface area (Å²) < 4.78 is 20.8. The number of benzene rings is 2. The van der Waals surface area contributed by atoms with E-state index in [1.165, 1.54) is 51.0 Å². The number of allylic oxidation sites excluding steroid dienone is 3. The number of hydrogen-bond acceptors (Lipinski definition) is 10. The molecule has 13 heteroatoms. The third-order valence-corrected chi connectivity index (χ3v) is 7.18. The van der Waals surface area contributed by atoms with Crippen molar-refractivity contribution in [1.82, 2.24) is 5.32 Å². The maximum absolute atomic E-state index is 12.0. The van der Waals surface area contributed by atoms with E-state index in [4.69, 9.17) is 30.5 Å². The van der Waals surface area contributed by atoms with Crippen molar-refractivity contribution in [3.63, 3.8) is 0 Å². The lowest BCUT2D eigenvalue weighted by atomic mass is 10.1. The number of halogens is 1. The Morgan fingerprint density at radius 1 is 1.00 bits per heavy atom. The molecule has 1 amide bonds. The van der Waals surface area contributed by atoms with Crippen LogP contribution >= 0.6 is 11.6 Å². The second-order valence-corrected chi connectivity index (χ2v) is 11.2. The fraction of sp³-hybridized carbons (Fsp3) is 0.447. The first kappa shape index (κ1) is 44.2. The van der Waals surface area contributed by atoms with Crippen LogP contribution in [0.15, 0.2) is 72.8 Å². The van der Waals surface area contributed by atoms with Crippen LogP contribution in [0, 0.1) is 16.0 Å². The van der Waals surface area contributed by atoms with Gasteiger partial charge in [0.2, 0.25) is 5.91 Å². The van der Waals surface area contributed by atoms with Crippen molar-refractivity contribution in [2.75, 3.05) is 33.5 Å². The summed E-state index contributed by atoms with van der Waals surface area (Å²) in [4.78, 5) is 49.3. The molecule has 51 heavy (non-hydrogen) atoms. The van der Waals surface area contributed by atoms with E-state index in [0.717, 1.165) is 42.2 Å². The monoisotopic (exact) mass is 730 g/mol. The Labute approximate surface area is 305 Å². The van der Waals surface area contributed by atoms with Crippen molar-refractivity contribution in [3.8, 4) is 17.2 Å². The summed E-state index contributed by atoms with van der Waals surface area (Å²) >= 11 is 5.88. The topological polar surface area (TPSA) is 153 Å². The van der Waals surface area contributed by atoms with Gasteiger partial charge in [-0.25, -0.2) is 9.59 Å². The zero-order chi connectivity index (χ0) is 37.7. The van der Waals surface area contributed by atoms with Gasteiger partial charge in [0.05, 0.1) is 13.7 Å². The molecule has 0 bridgehead atoms. The molecule has 0 saturated heterocycles. The van der Waals surface area contributed by atoms with E-state index >= 15 is 0 Å². The van der Waals surface area contributed by atoms with Gasteiger partial charge in [0.25, 0.3) is 5.09 Å². The Kier molecular flexibility index (Phi) is 24.2. The molecule has 2 aromatic rings. The van der Waals surface area contributed by atoms with E-state index in [2.05, 4.69) is 22.3 Å². The summed E-state index contributed by atoms with van der Waals surface area (Å²) in [6.45, 7) is 5.72. The van der Waals surface area contributed by atoms with E-state index in [0.29, 0.717) is 18.4 Å². The van der Waals surface area contributed by atoms with E-state index in [-0.39, 0.29) is 37.2 Å². The average Bonchev–Trinajstić information content (AvgIpc) is 3.65. The highest BCUT2D eigenvalue weighted by Crippen LogP contribution is 2.29.